The highest BCUT2D eigenvalue weighted by Gasteiger charge is 2.31. The van der Waals surface area contributed by atoms with Gasteiger partial charge in [0.2, 0.25) is 11.8 Å². The van der Waals surface area contributed by atoms with Gasteiger partial charge in [0, 0.05) is 18.0 Å². The van der Waals surface area contributed by atoms with Crippen molar-refractivity contribution in [1.82, 2.24) is 0 Å². The van der Waals surface area contributed by atoms with E-state index in [1.165, 1.54) is 4.90 Å². The molecule has 2 amide bonds. The molecule has 0 fully saturated rings. The third-order valence-corrected chi connectivity index (χ3v) is 3.44. The van der Waals surface area contributed by atoms with E-state index in [-0.39, 0.29) is 17.7 Å². The van der Waals surface area contributed by atoms with Crippen molar-refractivity contribution >= 4 is 23.2 Å². The summed E-state index contributed by atoms with van der Waals surface area (Å²) in [4.78, 5) is 25.7. The van der Waals surface area contributed by atoms with Gasteiger partial charge < -0.3 is 11.5 Å². The van der Waals surface area contributed by atoms with E-state index in [1.807, 2.05) is 6.07 Å². The summed E-state index contributed by atoms with van der Waals surface area (Å²) in [6, 6.07) is 5.29. The number of rotatable bonds is 3. The maximum Gasteiger partial charge on any atom is 0.236 e. The first-order chi connectivity index (χ1) is 9.04. The van der Waals surface area contributed by atoms with Crippen LogP contribution in [-0.4, -0.2) is 18.4 Å². The fourth-order valence-corrected chi connectivity index (χ4v) is 2.35. The van der Waals surface area contributed by atoms with E-state index in [2.05, 4.69) is 0 Å². The number of hydrogen-bond acceptors (Lipinski definition) is 4. The summed E-state index contributed by atoms with van der Waals surface area (Å²) in [6.45, 7) is 2.23. The smallest absolute Gasteiger partial charge is 0.236 e. The van der Waals surface area contributed by atoms with Crippen LogP contribution in [0.4, 0.5) is 11.4 Å². The average Bonchev–Trinajstić information content (AvgIpc) is 2.38. The van der Waals surface area contributed by atoms with Gasteiger partial charge in [-0.05, 0) is 43.1 Å². The van der Waals surface area contributed by atoms with Crippen LogP contribution in [0, 0.1) is 5.92 Å². The lowest BCUT2D eigenvalue weighted by Gasteiger charge is -2.30. The van der Waals surface area contributed by atoms with Gasteiger partial charge in [-0.2, -0.15) is 0 Å². The summed E-state index contributed by atoms with van der Waals surface area (Å²) in [5.41, 5.74) is 13.5. The maximum absolute atomic E-state index is 12.4. The Morgan fingerprint density at radius 3 is 2.84 bits per heavy atom. The zero-order valence-corrected chi connectivity index (χ0v) is 11.1. The number of nitrogens with two attached hydrogens (primary N) is 2. The van der Waals surface area contributed by atoms with Crippen LogP contribution in [0.3, 0.4) is 0 Å². The number of fused-ring (bicyclic) bond motifs is 1. The molecule has 0 radical (unpaired) electrons. The van der Waals surface area contributed by atoms with Crippen LogP contribution in [0.2, 0.25) is 0 Å². The van der Waals surface area contributed by atoms with Crippen LogP contribution in [0.5, 0.6) is 0 Å². The van der Waals surface area contributed by atoms with Crippen LogP contribution in [-0.2, 0) is 16.0 Å². The molecule has 5 heteroatoms. The van der Waals surface area contributed by atoms with E-state index < -0.39 is 0 Å². The summed E-state index contributed by atoms with van der Waals surface area (Å²) in [6.07, 6.45) is 1.55. The second-order valence-corrected chi connectivity index (χ2v) is 4.93. The normalized spacial score (nSPS) is 16.1. The Morgan fingerprint density at radius 1 is 1.42 bits per heavy atom. The molecule has 1 heterocycles. The predicted octanol–water partition coefficient (Wildman–Crippen LogP) is 1.06. The number of anilines is 2. The van der Waals surface area contributed by atoms with Crippen LogP contribution in [0.25, 0.3) is 0 Å². The molecule has 0 spiro atoms. The second-order valence-electron chi connectivity index (χ2n) is 4.93. The molecular formula is C14H19N3O2. The number of aryl methyl sites for hydroxylation is 1. The molecule has 19 heavy (non-hydrogen) atoms. The molecule has 1 atom stereocenters. The molecule has 0 aliphatic carbocycles. The highest BCUT2D eigenvalue weighted by Crippen LogP contribution is 2.30. The van der Waals surface area contributed by atoms with Crippen molar-refractivity contribution in [2.75, 3.05) is 17.2 Å². The lowest BCUT2D eigenvalue weighted by Crippen LogP contribution is -2.43. The molecule has 1 aliphatic rings. The molecule has 0 bridgehead atoms. The Balaban J connectivity index is 2.35. The number of carbonyl (C=O) groups is 2. The highest BCUT2D eigenvalue weighted by molar-refractivity contribution is 6.17. The molecule has 1 aromatic carbocycles. The van der Waals surface area contributed by atoms with Crippen molar-refractivity contribution in [3.05, 3.63) is 23.8 Å². The zero-order chi connectivity index (χ0) is 14.0. The number of imide groups is 1. The molecular weight excluding hydrogens is 242 g/mol. The number of amides is 2. The first-order valence-corrected chi connectivity index (χ1v) is 6.50. The molecule has 4 N–H and O–H groups in total. The van der Waals surface area contributed by atoms with Crippen molar-refractivity contribution in [2.24, 2.45) is 11.7 Å². The van der Waals surface area contributed by atoms with Crippen molar-refractivity contribution in [2.45, 2.75) is 26.2 Å². The SMILES string of the molecule is CC(CCN)C(=O)N1C(=O)CCc2cc(N)ccc21. The summed E-state index contributed by atoms with van der Waals surface area (Å²) >= 11 is 0. The number of nitrogens with zero attached hydrogens (tertiary/aromatic N) is 1. The standard InChI is InChI=1S/C14H19N3O2/c1-9(6-7-15)14(19)17-12-4-3-11(16)8-10(12)2-5-13(17)18/h3-4,8-9H,2,5-7,15-16H2,1H3. The molecule has 1 unspecified atom stereocenters. The highest BCUT2D eigenvalue weighted by atomic mass is 16.2. The fraction of sp³-hybridized carbons (Fsp3) is 0.429. The van der Waals surface area contributed by atoms with Crippen molar-refractivity contribution in [3.8, 4) is 0 Å². The van der Waals surface area contributed by atoms with E-state index in [0.29, 0.717) is 37.2 Å². The Labute approximate surface area is 112 Å². The second kappa shape index (κ2) is 5.40. The van der Waals surface area contributed by atoms with Crippen molar-refractivity contribution in [3.63, 3.8) is 0 Å². The summed E-state index contributed by atoms with van der Waals surface area (Å²) in [7, 11) is 0. The summed E-state index contributed by atoms with van der Waals surface area (Å²) in [5.74, 6) is -0.579. The molecule has 0 saturated carbocycles. The zero-order valence-electron chi connectivity index (χ0n) is 11.1. The summed E-state index contributed by atoms with van der Waals surface area (Å²) in [5, 5.41) is 0. The topological polar surface area (TPSA) is 89.4 Å². The minimum atomic E-state index is -0.252. The third-order valence-electron chi connectivity index (χ3n) is 3.44. The molecule has 0 saturated heterocycles. The van der Waals surface area contributed by atoms with Gasteiger partial charge in [-0.1, -0.05) is 6.92 Å². The largest absolute Gasteiger partial charge is 0.399 e. The predicted molar refractivity (Wildman–Crippen MR) is 74.5 cm³/mol. The molecule has 1 aromatic rings. The monoisotopic (exact) mass is 261 g/mol. The minimum absolute atomic E-state index is 0.147. The first-order valence-electron chi connectivity index (χ1n) is 6.50. The van der Waals surface area contributed by atoms with Crippen molar-refractivity contribution < 1.29 is 9.59 Å². The number of nitrogen functional groups attached to an aromatic ring is 1. The Bertz CT molecular complexity index is 513. The van der Waals surface area contributed by atoms with Gasteiger partial charge in [-0.15, -0.1) is 0 Å². The number of hydrogen-bond donors (Lipinski definition) is 2. The molecule has 0 aromatic heterocycles. The lowest BCUT2D eigenvalue weighted by molar-refractivity contribution is -0.128. The van der Waals surface area contributed by atoms with Crippen LogP contribution < -0.4 is 16.4 Å². The van der Waals surface area contributed by atoms with E-state index in [9.17, 15) is 9.59 Å². The van der Waals surface area contributed by atoms with Gasteiger partial charge >= 0.3 is 0 Å². The Hall–Kier alpha value is -1.88. The van der Waals surface area contributed by atoms with Crippen LogP contribution >= 0.6 is 0 Å². The fourth-order valence-electron chi connectivity index (χ4n) is 2.35. The summed E-state index contributed by atoms with van der Waals surface area (Å²) < 4.78 is 0. The molecule has 102 valence electrons. The van der Waals surface area contributed by atoms with E-state index >= 15 is 0 Å². The quantitative estimate of drug-likeness (QED) is 0.796. The Morgan fingerprint density at radius 2 is 2.16 bits per heavy atom. The Kier molecular flexibility index (Phi) is 3.85. The van der Waals surface area contributed by atoms with Crippen LogP contribution in [0.1, 0.15) is 25.3 Å². The number of benzene rings is 1. The molecule has 1 aliphatic heterocycles. The van der Waals surface area contributed by atoms with Gasteiger partial charge in [-0.25, -0.2) is 0 Å². The van der Waals surface area contributed by atoms with Gasteiger partial charge in [0.1, 0.15) is 0 Å². The minimum Gasteiger partial charge on any atom is -0.399 e. The molecule has 5 nitrogen and oxygen atoms in total. The van der Waals surface area contributed by atoms with E-state index in [1.54, 1.807) is 19.1 Å². The van der Waals surface area contributed by atoms with Gasteiger partial charge in [-0.3, -0.25) is 14.5 Å². The number of carbonyl (C=O) groups excluding carboxylic acids is 2. The third kappa shape index (κ3) is 2.61. The van der Waals surface area contributed by atoms with E-state index in [0.717, 1.165) is 5.56 Å². The first kappa shape index (κ1) is 13.5. The van der Waals surface area contributed by atoms with Gasteiger partial charge in [0.15, 0.2) is 0 Å². The van der Waals surface area contributed by atoms with Crippen molar-refractivity contribution in [1.29, 1.82) is 0 Å². The molecule has 2 rings (SSSR count). The maximum atomic E-state index is 12.4. The lowest BCUT2D eigenvalue weighted by atomic mass is 9.98. The van der Waals surface area contributed by atoms with Crippen LogP contribution in [0.15, 0.2) is 18.2 Å². The van der Waals surface area contributed by atoms with Gasteiger partial charge in [0.05, 0.1) is 5.69 Å². The van der Waals surface area contributed by atoms with E-state index in [4.69, 9.17) is 11.5 Å². The van der Waals surface area contributed by atoms with Gasteiger partial charge in [0.25, 0.3) is 0 Å². The average molecular weight is 261 g/mol.